The lowest BCUT2D eigenvalue weighted by Crippen LogP contribution is -2.28. The van der Waals surface area contributed by atoms with Crippen molar-refractivity contribution >= 4 is 21.4 Å². The fraction of sp³-hybridized carbons (Fsp3) is 0.250. The molecule has 1 aromatic rings. The van der Waals surface area contributed by atoms with E-state index < -0.39 is 55.2 Å². The molecular formula is C16H10ClF5O4S. The van der Waals surface area contributed by atoms with Crippen LogP contribution in [0.25, 0.3) is 0 Å². The molecule has 0 bridgehead atoms. The van der Waals surface area contributed by atoms with E-state index in [1.54, 1.807) is 0 Å². The minimum Gasteiger partial charge on any atom is -0.461 e. The molecule has 1 aliphatic carbocycles. The van der Waals surface area contributed by atoms with E-state index in [1.165, 1.54) is 6.08 Å². The zero-order valence-corrected chi connectivity index (χ0v) is 14.7. The fourth-order valence-corrected chi connectivity index (χ4v) is 4.39. The number of aliphatic hydroxyl groups is 1. The molecule has 0 fully saturated rings. The second-order valence-corrected chi connectivity index (χ2v) is 8.12. The molecule has 1 atom stereocenters. The molecular weight excluding hydrogens is 419 g/mol. The van der Waals surface area contributed by atoms with Crippen LogP contribution in [0.3, 0.4) is 0 Å². The first-order chi connectivity index (χ1) is 12.5. The summed E-state index contributed by atoms with van der Waals surface area (Å²) in [5, 5.41) is 5.07. The lowest BCUT2D eigenvalue weighted by atomic mass is 10.0. The average molecular weight is 429 g/mol. The van der Waals surface area contributed by atoms with Crippen molar-refractivity contribution in [1.29, 1.82) is 0 Å². The third kappa shape index (κ3) is 3.15. The van der Waals surface area contributed by atoms with Crippen LogP contribution in [0, 0.1) is 0 Å². The molecule has 27 heavy (non-hydrogen) atoms. The first-order valence-corrected chi connectivity index (χ1v) is 9.19. The molecule has 3 rings (SSSR count). The summed E-state index contributed by atoms with van der Waals surface area (Å²) in [6, 6.07) is 1.40. The Morgan fingerprint density at radius 1 is 1.26 bits per heavy atom. The lowest BCUT2D eigenvalue weighted by molar-refractivity contribution is -0.0391. The second-order valence-electron chi connectivity index (χ2n) is 5.69. The van der Waals surface area contributed by atoms with Gasteiger partial charge in [0.15, 0.2) is 6.10 Å². The van der Waals surface area contributed by atoms with Crippen LogP contribution in [0.2, 0.25) is 0 Å². The normalized spacial score (nSPS) is 23.3. The van der Waals surface area contributed by atoms with Gasteiger partial charge in [-0.3, -0.25) is 0 Å². The molecule has 146 valence electrons. The summed E-state index contributed by atoms with van der Waals surface area (Å²) in [5.74, 6) is -1.69. The number of aliphatic hydroxyl groups excluding tert-OH is 1. The molecule has 2 aliphatic rings. The minimum atomic E-state index is -5.34. The maximum absolute atomic E-state index is 13.9. The Morgan fingerprint density at radius 2 is 1.93 bits per heavy atom. The van der Waals surface area contributed by atoms with Crippen LogP contribution in [0.1, 0.15) is 30.1 Å². The summed E-state index contributed by atoms with van der Waals surface area (Å²) >= 11 is 5.68. The summed E-state index contributed by atoms with van der Waals surface area (Å²) in [4.78, 5) is -1.11. The number of benzene rings is 1. The molecule has 4 nitrogen and oxygen atoms in total. The van der Waals surface area contributed by atoms with Gasteiger partial charge in [-0.05, 0) is 18.2 Å². The number of rotatable bonds is 3. The van der Waals surface area contributed by atoms with Crippen molar-refractivity contribution in [3.05, 3.63) is 58.1 Å². The Morgan fingerprint density at radius 3 is 2.56 bits per heavy atom. The predicted octanol–water partition coefficient (Wildman–Crippen LogP) is 4.68. The molecule has 1 heterocycles. The number of allylic oxidation sites excluding steroid dienone is 5. The third-order valence-corrected chi connectivity index (χ3v) is 6.12. The Labute approximate surface area is 155 Å². The van der Waals surface area contributed by atoms with E-state index in [-0.39, 0.29) is 17.2 Å². The smallest absolute Gasteiger partial charge is 0.379 e. The van der Waals surface area contributed by atoms with Crippen LogP contribution < -0.4 is 4.74 Å². The Hall–Kier alpha value is -1.91. The summed E-state index contributed by atoms with van der Waals surface area (Å²) in [5.41, 5.74) is -2.34. The zero-order valence-electron chi connectivity index (χ0n) is 13.1. The van der Waals surface area contributed by atoms with Gasteiger partial charge in [0.2, 0.25) is 9.84 Å². The van der Waals surface area contributed by atoms with Crippen molar-refractivity contribution in [2.24, 2.45) is 0 Å². The maximum Gasteiger partial charge on any atom is 0.379 e. The standard InChI is InChI=1S/C16H10ClF5O4S/c17-7-1-2-9(6-8(18)5-7)26-10-3-4-11-13(12(10)15(19)20)14(23)16(21,22)27(11,24)25/h1,3-6,14-15,23H,2H2. The van der Waals surface area contributed by atoms with Gasteiger partial charge in [-0.15, -0.1) is 0 Å². The van der Waals surface area contributed by atoms with Crippen molar-refractivity contribution in [1.82, 2.24) is 0 Å². The highest BCUT2D eigenvalue weighted by Gasteiger charge is 2.61. The topological polar surface area (TPSA) is 63.6 Å². The Kier molecular flexibility index (Phi) is 4.86. The van der Waals surface area contributed by atoms with Crippen LogP contribution in [-0.2, 0) is 9.84 Å². The second kappa shape index (κ2) is 6.61. The maximum atomic E-state index is 13.9. The first kappa shape index (κ1) is 19.8. The van der Waals surface area contributed by atoms with Gasteiger partial charge in [0.05, 0.1) is 10.5 Å². The highest BCUT2D eigenvalue weighted by molar-refractivity contribution is 7.92. The van der Waals surface area contributed by atoms with Gasteiger partial charge in [0.25, 0.3) is 6.43 Å². The number of hydrogen-bond acceptors (Lipinski definition) is 4. The SMILES string of the molecule is O=S1(=O)c2ccc(OC3=CC(F)=CC(Cl)=CC3)c(C(F)F)c2C(O)C1(F)F. The van der Waals surface area contributed by atoms with Crippen molar-refractivity contribution in [2.75, 3.05) is 0 Å². The van der Waals surface area contributed by atoms with Crippen molar-refractivity contribution in [2.45, 2.75) is 29.1 Å². The van der Waals surface area contributed by atoms with Gasteiger partial charge >= 0.3 is 5.25 Å². The molecule has 1 aromatic carbocycles. The number of alkyl halides is 4. The third-order valence-electron chi connectivity index (χ3n) is 3.98. The van der Waals surface area contributed by atoms with Gasteiger partial charge in [-0.1, -0.05) is 17.7 Å². The summed E-state index contributed by atoms with van der Waals surface area (Å²) < 4.78 is 97.3. The van der Waals surface area contributed by atoms with Crippen LogP contribution >= 0.6 is 11.6 Å². The molecule has 0 saturated carbocycles. The molecule has 0 aromatic heterocycles. The van der Waals surface area contributed by atoms with Gasteiger partial charge in [0, 0.05) is 23.1 Å². The number of ether oxygens (including phenoxy) is 1. The Balaban J connectivity index is 2.13. The predicted molar refractivity (Wildman–Crippen MR) is 84.9 cm³/mol. The monoisotopic (exact) mass is 428 g/mol. The van der Waals surface area contributed by atoms with Gasteiger partial charge in [0.1, 0.15) is 17.3 Å². The van der Waals surface area contributed by atoms with E-state index in [4.69, 9.17) is 16.3 Å². The van der Waals surface area contributed by atoms with Crippen molar-refractivity contribution < 1.29 is 40.2 Å². The van der Waals surface area contributed by atoms with E-state index in [1.807, 2.05) is 0 Å². The summed E-state index contributed by atoms with van der Waals surface area (Å²) in [6.07, 6.45) is -3.40. The summed E-state index contributed by atoms with van der Waals surface area (Å²) in [7, 11) is -5.34. The molecule has 0 saturated heterocycles. The quantitative estimate of drug-likeness (QED) is 0.710. The molecule has 0 amide bonds. The largest absolute Gasteiger partial charge is 0.461 e. The number of hydrogen-bond donors (Lipinski definition) is 1. The molecule has 1 unspecified atom stereocenters. The number of sulfone groups is 1. The van der Waals surface area contributed by atoms with Crippen LogP contribution in [0.15, 0.2) is 51.9 Å². The highest BCUT2D eigenvalue weighted by atomic mass is 35.5. The van der Waals surface area contributed by atoms with Crippen LogP contribution in [0.4, 0.5) is 22.0 Å². The molecule has 1 aliphatic heterocycles. The van der Waals surface area contributed by atoms with Crippen molar-refractivity contribution in [3.8, 4) is 5.75 Å². The fourth-order valence-electron chi connectivity index (χ4n) is 2.74. The molecule has 11 heteroatoms. The number of fused-ring (bicyclic) bond motifs is 1. The van der Waals surface area contributed by atoms with E-state index in [0.717, 1.165) is 18.2 Å². The molecule has 1 N–H and O–H groups in total. The summed E-state index contributed by atoms with van der Waals surface area (Å²) in [6.45, 7) is 0. The Bertz CT molecular complexity index is 998. The average Bonchev–Trinajstić information content (AvgIpc) is 2.68. The van der Waals surface area contributed by atoms with Gasteiger partial charge in [-0.2, -0.15) is 8.78 Å². The molecule has 0 radical (unpaired) electrons. The van der Waals surface area contributed by atoms with E-state index in [0.29, 0.717) is 6.07 Å². The van der Waals surface area contributed by atoms with Gasteiger partial charge in [-0.25, -0.2) is 21.6 Å². The van der Waals surface area contributed by atoms with Crippen molar-refractivity contribution in [3.63, 3.8) is 0 Å². The minimum absolute atomic E-state index is 0.0338. The first-order valence-electron chi connectivity index (χ1n) is 7.33. The highest BCUT2D eigenvalue weighted by Crippen LogP contribution is 2.53. The van der Waals surface area contributed by atoms with Crippen LogP contribution in [0.5, 0.6) is 5.75 Å². The number of halogens is 6. The van der Waals surface area contributed by atoms with Crippen LogP contribution in [-0.4, -0.2) is 18.8 Å². The van der Waals surface area contributed by atoms with Gasteiger partial charge < -0.3 is 9.84 Å². The van der Waals surface area contributed by atoms with E-state index in [2.05, 4.69) is 0 Å². The van der Waals surface area contributed by atoms with E-state index >= 15 is 0 Å². The molecule has 0 spiro atoms. The van der Waals surface area contributed by atoms with E-state index in [9.17, 15) is 35.5 Å². The lowest BCUT2D eigenvalue weighted by Gasteiger charge is -2.17. The zero-order chi connectivity index (χ0) is 20.1.